The topological polar surface area (TPSA) is 54.3 Å². The van der Waals surface area contributed by atoms with E-state index >= 15 is 0 Å². The molecule has 2 aliphatic rings. The van der Waals surface area contributed by atoms with Crippen LogP contribution in [0, 0.1) is 0 Å². The summed E-state index contributed by atoms with van der Waals surface area (Å²) in [5.74, 6) is 0.0724. The number of aromatic nitrogens is 3. The molecule has 4 heterocycles. The maximum atomic E-state index is 13.0. The highest BCUT2D eigenvalue weighted by atomic mass is 16.2. The summed E-state index contributed by atoms with van der Waals surface area (Å²) in [4.78, 5) is 26.6. The number of amides is 1. The molecule has 2 fully saturated rings. The Hall–Kier alpha value is -2.73. The summed E-state index contributed by atoms with van der Waals surface area (Å²) in [6, 6.07) is 12.4. The number of carbonyl (C=O) groups excluding carboxylic acids is 1. The normalized spacial score (nSPS) is 20.7. The number of imidazole rings is 1. The molecule has 2 aromatic heterocycles. The van der Waals surface area contributed by atoms with Gasteiger partial charge in [-0.3, -0.25) is 14.3 Å². The van der Waals surface area contributed by atoms with Crippen LogP contribution < -0.4 is 0 Å². The summed E-state index contributed by atoms with van der Waals surface area (Å²) in [5.41, 5.74) is 3.17. The van der Waals surface area contributed by atoms with E-state index in [1.165, 1.54) is 32.4 Å². The van der Waals surface area contributed by atoms with E-state index in [1.54, 1.807) is 12.5 Å². The number of likely N-dealkylation sites (tertiary alicyclic amines) is 2. The standard InChI is InChI=1S/C22H25N5O/c28-22(26-12-9-19(15-26)25-10-5-2-6-11-25)17-13-20-21(23-14-17)27(16-24-20)18-7-3-1-4-8-18/h1,3-4,7-8,13-14,16,19H,2,5-6,9-12,15H2. The van der Waals surface area contributed by atoms with Gasteiger partial charge in [-0.25, -0.2) is 9.97 Å². The van der Waals surface area contributed by atoms with E-state index in [0.717, 1.165) is 36.4 Å². The van der Waals surface area contributed by atoms with Crippen LogP contribution in [0.5, 0.6) is 0 Å². The Morgan fingerprint density at radius 2 is 1.82 bits per heavy atom. The molecular weight excluding hydrogens is 350 g/mol. The minimum absolute atomic E-state index is 0.0724. The zero-order valence-electron chi connectivity index (χ0n) is 16.0. The number of pyridine rings is 1. The zero-order chi connectivity index (χ0) is 18.9. The van der Waals surface area contributed by atoms with Gasteiger partial charge in [0.2, 0.25) is 0 Å². The first-order valence-corrected chi connectivity index (χ1v) is 10.2. The van der Waals surface area contributed by atoms with Crippen molar-refractivity contribution in [3.8, 4) is 5.69 Å². The zero-order valence-corrected chi connectivity index (χ0v) is 16.0. The van der Waals surface area contributed by atoms with Gasteiger partial charge in [0.15, 0.2) is 5.65 Å². The quantitative estimate of drug-likeness (QED) is 0.706. The Morgan fingerprint density at radius 1 is 1.00 bits per heavy atom. The predicted octanol–water partition coefficient (Wildman–Crippen LogP) is 3.12. The van der Waals surface area contributed by atoms with Crippen molar-refractivity contribution >= 4 is 17.1 Å². The first kappa shape index (κ1) is 17.4. The van der Waals surface area contributed by atoms with Gasteiger partial charge in [0.1, 0.15) is 11.8 Å². The lowest BCUT2D eigenvalue weighted by molar-refractivity contribution is 0.0771. The maximum Gasteiger partial charge on any atom is 0.255 e. The lowest BCUT2D eigenvalue weighted by Crippen LogP contribution is -2.41. The molecule has 2 saturated heterocycles. The van der Waals surface area contributed by atoms with E-state index in [9.17, 15) is 4.79 Å². The summed E-state index contributed by atoms with van der Waals surface area (Å²) < 4.78 is 1.95. The van der Waals surface area contributed by atoms with Crippen LogP contribution in [0.4, 0.5) is 0 Å². The molecule has 6 heteroatoms. The number of hydrogen-bond donors (Lipinski definition) is 0. The van der Waals surface area contributed by atoms with Gasteiger partial charge in [0, 0.05) is 31.0 Å². The fourth-order valence-electron chi connectivity index (χ4n) is 4.49. The lowest BCUT2D eigenvalue weighted by atomic mass is 10.1. The second-order valence-electron chi connectivity index (χ2n) is 7.81. The smallest absolute Gasteiger partial charge is 0.255 e. The average molecular weight is 375 g/mol. The van der Waals surface area contributed by atoms with Crippen molar-refractivity contribution in [1.82, 2.24) is 24.3 Å². The lowest BCUT2D eigenvalue weighted by Gasteiger charge is -2.32. The fourth-order valence-corrected chi connectivity index (χ4v) is 4.49. The number of carbonyl (C=O) groups is 1. The van der Waals surface area contributed by atoms with E-state index < -0.39 is 0 Å². The minimum Gasteiger partial charge on any atom is -0.337 e. The number of benzene rings is 1. The van der Waals surface area contributed by atoms with Gasteiger partial charge in [0.25, 0.3) is 5.91 Å². The van der Waals surface area contributed by atoms with Gasteiger partial charge < -0.3 is 4.90 Å². The first-order valence-electron chi connectivity index (χ1n) is 10.2. The molecule has 0 bridgehead atoms. The molecule has 1 amide bonds. The number of fused-ring (bicyclic) bond motifs is 1. The minimum atomic E-state index is 0.0724. The van der Waals surface area contributed by atoms with E-state index in [4.69, 9.17) is 0 Å². The van der Waals surface area contributed by atoms with Crippen LogP contribution >= 0.6 is 0 Å². The van der Waals surface area contributed by atoms with E-state index in [-0.39, 0.29) is 5.91 Å². The maximum absolute atomic E-state index is 13.0. The molecule has 1 aromatic carbocycles. The number of nitrogens with zero attached hydrogens (tertiary/aromatic N) is 5. The molecule has 0 radical (unpaired) electrons. The largest absolute Gasteiger partial charge is 0.337 e. The average Bonchev–Trinajstić information content (AvgIpc) is 3.41. The molecule has 3 aromatic rings. The summed E-state index contributed by atoms with van der Waals surface area (Å²) >= 11 is 0. The van der Waals surface area contributed by atoms with Crippen LogP contribution in [0.2, 0.25) is 0 Å². The molecular formula is C22H25N5O. The van der Waals surface area contributed by atoms with Crippen LogP contribution in [-0.4, -0.2) is 62.5 Å². The fraction of sp³-hybridized carbons (Fsp3) is 0.409. The molecule has 6 nitrogen and oxygen atoms in total. The highest BCUT2D eigenvalue weighted by Gasteiger charge is 2.31. The Bertz CT molecular complexity index is 977. The Morgan fingerprint density at radius 3 is 2.64 bits per heavy atom. The van der Waals surface area contributed by atoms with E-state index in [2.05, 4.69) is 14.9 Å². The molecule has 0 saturated carbocycles. The van der Waals surface area contributed by atoms with Crippen molar-refractivity contribution in [2.24, 2.45) is 0 Å². The van der Waals surface area contributed by atoms with Crippen molar-refractivity contribution in [2.45, 2.75) is 31.7 Å². The monoisotopic (exact) mass is 375 g/mol. The van der Waals surface area contributed by atoms with Gasteiger partial charge in [-0.15, -0.1) is 0 Å². The molecule has 5 rings (SSSR count). The summed E-state index contributed by atoms with van der Waals surface area (Å²) in [6.45, 7) is 4.01. The molecule has 0 aliphatic carbocycles. The van der Waals surface area contributed by atoms with Crippen molar-refractivity contribution in [3.05, 3.63) is 54.5 Å². The Labute approximate surface area is 164 Å². The van der Waals surface area contributed by atoms with Gasteiger partial charge in [-0.05, 0) is 50.6 Å². The van der Waals surface area contributed by atoms with Gasteiger partial charge >= 0.3 is 0 Å². The van der Waals surface area contributed by atoms with Crippen molar-refractivity contribution in [1.29, 1.82) is 0 Å². The van der Waals surface area contributed by atoms with Crippen LogP contribution in [0.3, 0.4) is 0 Å². The molecule has 1 atom stereocenters. The van der Waals surface area contributed by atoms with E-state index in [0.29, 0.717) is 11.6 Å². The third-order valence-corrected chi connectivity index (χ3v) is 6.03. The highest BCUT2D eigenvalue weighted by molar-refractivity contribution is 5.96. The Balaban J connectivity index is 1.34. The predicted molar refractivity (Wildman–Crippen MR) is 109 cm³/mol. The van der Waals surface area contributed by atoms with Crippen LogP contribution in [0.1, 0.15) is 36.0 Å². The Kier molecular flexibility index (Phi) is 4.56. The van der Waals surface area contributed by atoms with Crippen molar-refractivity contribution in [2.75, 3.05) is 26.2 Å². The second kappa shape index (κ2) is 7.36. The summed E-state index contributed by atoms with van der Waals surface area (Å²) in [6.07, 6.45) is 8.45. The van der Waals surface area contributed by atoms with E-state index in [1.807, 2.05) is 45.9 Å². The summed E-state index contributed by atoms with van der Waals surface area (Å²) in [7, 11) is 0. The molecule has 2 aliphatic heterocycles. The molecule has 144 valence electrons. The number of hydrogen-bond acceptors (Lipinski definition) is 4. The highest BCUT2D eigenvalue weighted by Crippen LogP contribution is 2.23. The number of para-hydroxylation sites is 1. The van der Waals surface area contributed by atoms with Gasteiger partial charge in [-0.1, -0.05) is 24.6 Å². The number of rotatable bonds is 3. The van der Waals surface area contributed by atoms with Crippen molar-refractivity contribution < 1.29 is 4.79 Å². The molecule has 1 unspecified atom stereocenters. The third kappa shape index (κ3) is 3.18. The molecule has 0 spiro atoms. The number of piperidine rings is 1. The SMILES string of the molecule is O=C(c1cnc2c(c1)ncn2-c1ccccc1)N1CCC(N2CCCCC2)C1. The second-order valence-corrected chi connectivity index (χ2v) is 7.81. The van der Waals surface area contributed by atoms with Gasteiger partial charge in [-0.2, -0.15) is 0 Å². The van der Waals surface area contributed by atoms with Crippen molar-refractivity contribution in [3.63, 3.8) is 0 Å². The van der Waals surface area contributed by atoms with Crippen LogP contribution in [-0.2, 0) is 0 Å². The first-order chi connectivity index (χ1) is 13.8. The molecule has 28 heavy (non-hydrogen) atoms. The summed E-state index contributed by atoms with van der Waals surface area (Å²) in [5, 5.41) is 0. The third-order valence-electron chi connectivity index (χ3n) is 6.03. The molecule has 0 N–H and O–H groups in total. The van der Waals surface area contributed by atoms with Crippen LogP contribution in [0.25, 0.3) is 16.9 Å². The van der Waals surface area contributed by atoms with Gasteiger partial charge in [0.05, 0.1) is 5.56 Å². The van der Waals surface area contributed by atoms with Crippen LogP contribution in [0.15, 0.2) is 48.9 Å².